The van der Waals surface area contributed by atoms with Crippen molar-refractivity contribution in [2.45, 2.75) is 102 Å². The molecular weight excluding hydrogens is 487 g/mol. The number of aliphatic imine (C=N–C) groups is 2. The van der Waals surface area contributed by atoms with Crippen LogP contribution in [0.5, 0.6) is 0 Å². The number of hydrogen-bond acceptors (Lipinski definition) is 2. The molecule has 0 amide bonds. The molecule has 0 aliphatic heterocycles. The molecule has 0 radical (unpaired) electrons. The van der Waals surface area contributed by atoms with Gasteiger partial charge in [-0.25, -0.2) is 0 Å². The van der Waals surface area contributed by atoms with Crippen LogP contribution in [-0.2, 0) is 17.0 Å². The van der Waals surface area contributed by atoms with E-state index in [-0.39, 0.29) is 0 Å². The number of aromatic nitrogens is 2. The quantitative estimate of drug-likeness (QED) is 0.303. The molecule has 0 aromatic carbocycles. The van der Waals surface area contributed by atoms with Crippen LogP contribution >= 0.6 is 18.6 Å². The van der Waals surface area contributed by atoms with Gasteiger partial charge >= 0.3 is 35.6 Å². The van der Waals surface area contributed by atoms with Gasteiger partial charge in [0.05, 0.1) is 0 Å². The van der Waals surface area contributed by atoms with Gasteiger partial charge < -0.3 is 9.97 Å². The van der Waals surface area contributed by atoms with E-state index in [2.05, 4.69) is 20.0 Å². The molecule has 2 aromatic rings. The molecule has 182 valence electrons. The maximum atomic E-state index is 4.89. The van der Waals surface area contributed by atoms with Gasteiger partial charge in [-0.05, 0) is 25.7 Å². The molecule has 0 unspecified atom stereocenters. The molecule has 2 fully saturated rings. The number of hydrogen-bond donors (Lipinski definition) is 0. The summed E-state index contributed by atoms with van der Waals surface area (Å²) in [5, 5.41) is 0. The first-order chi connectivity index (χ1) is 16.3. The van der Waals surface area contributed by atoms with E-state index in [9.17, 15) is 0 Å². The third kappa shape index (κ3) is 14.3. The minimum absolute atomic E-state index is 0.544. The van der Waals surface area contributed by atoms with Crippen molar-refractivity contribution in [3.63, 3.8) is 0 Å². The Bertz CT molecular complexity index is 653. The molecule has 0 atom stereocenters. The first-order valence-electron chi connectivity index (χ1n) is 12.5. The van der Waals surface area contributed by atoms with Crippen LogP contribution in [0.1, 0.15) is 101 Å². The van der Waals surface area contributed by atoms with Gasteiger partial charge in [-0.2, -0.15) is 12.4 Å². The molecule has 2 heterocycles. The van der Waals surface area contributed by atoms with Crippen molar-refractivity contribution in [2.75, 3.05) is 0 Å². The van der Waals surface area contributed by atoms with E-state index in [1.165, 1.54) is 89.9 Å². The third-order valence-corrected chi connectivity index (χ3v) is 6.14. The summed E-state index contributed by atoms with van der Waals surface area (Å²) in [6, 6.07) is 9.02. The van der Waals surface area contributed by atoms with E-state index in [0.717, 1.165) is 11.4 Å². The summed E-state index contributed by atoms with van der Waals surface area (Å²) in [4.78, 5) is 17.7. The Morgan fingerprint density at radius 3 is 1.27 bits per heavy atom. The Labute approximate surface area is 217 Å². The first kappa shape index (κ1) is 28.4. The summed E-state index contributed by atoms with van der Waals surface area (Å²) in [5.41, 5.74) is 1.99. The third-order valence-electron chi connectivity index (χ3n) is 6.14. The van der Waals surface area contributed by atoms with Crippen LogP contribution in [-0.4, -0.2) is 24.5 Å². The van der Waals surface area contributed by atoms with Crippen molar-refractivity contribution in [3.05, 3.63) is 48.0 Å². The standard InChI is InChI=1S/2C13H19N2.2ClH.Ti/c2*1-2-4-7-12(8-5-3-1)15-11-13-9-6-10-14-13;;;/h2*6,9-12H,1-5,7-8H2;2*1H;/q2*-1;;;+2/p-2. The SMILES string of the molecule is C(=NC1CCCCCCC1)c1ccc[n-]1.C(=NC1CCCCCCC1)c1ccc[n-]1.[Cl][Ti][Cl]. The van der Waals surface area contributed by atoms with Crippen molar-refractivity contribution in [1.29, 1.82) is 0 Å². The fourth-order valence-electron chi connectivity index (χ4n) is 4.31. The Hall–Kier alpha value is -0.806. The Morgan fingerprint density at radius 2 is 0.970 bits per heavy atom. The molecule has 4 rings (SSSR count). The van der Waals surface area contributed by atoms with Gasteiger partial charge in [0.15, 0.2) is 0 Å². The van der Waals surface area contributed by atoms with Crippen LogP contribution in [0.15, 0.2) is 46.6 Å². The van der Waals surface area contributed by atoms with E-state index in [1.807, 2.05) is 49.1 Å². The molecule has 2 saturated carbocycles. The van der Waals surface area contributed by atoms with Crippen LogP contribution in [0.3, 0.4) is 0 Å². The van der Waals surface area contributed by atoms with Gasteiger partial charge in [-0.3, -0.25) is 9.98 Å². The molecule has 4 nitrogen and oxygen atoms in total. The number of nitrogens with zero attached hydrogens (tertiary/aromatic N) is 4. The summed E-state index contributed by atoms with van der Waals surface area (Å²) < 4.78 is 0. The monoisotopic (exact) mass is 524 g/mol. The molecular formula is C26H38Cl2N4Ti-2. The normalized spacial score (nSPS) is 18.8. The molecule has 0 N–H and O–H groups in total. The average Bonchev–Trinajstić information content (AvgIpc) is 3.48. The van der Waals surface area contributed by atoms with E-state index >= 15 is 0 Å². The van der Waals surface area contributed by atoms with Gasteiger partial charge in [-0.1, -0.05) is 88.5 Å². The molecule has 7 heteroatoms. The molecule has 33 heavy (non-hydrogen) atoms. The summed E-state index contributed by atoms with van der Waals surface area (Å²) >= 11 is -0.556. The zero-order valence-corrected chi connectivity index (χ0v) is 22.8. The van der Waals surface area contributed by atoms with Crippen LogP contribution in [0, 0.1) is 0 Å². The summed E-state index contributed by atoms with van der Waals surface area (Å²) in [6.07, 6.45) is 26.3. The molecule has 2 aromatic heterocycles. The predicted octanol–water partition coefficient (Wildman–Crippen LogP) is 7.73. The van der Waals surface area contributed by atoms with E-state index in [0.29, 0.717) is 12.1 Å². The first-order valence-corrected chi connectivity index (χ1v) is 16.8. The maximum absolute atomic E-state index is 4.89. The Balaban J connectivity index is 0.000000209. The Kier molecular flexibility index (Phi) is 16.8. The number of rotatable bonds is 4. The van der Waals surface area contributed by atoms with E-state index in [1.54, 1.807) is 0 Å². The number of halogens is 2. The molecule has 0 saturated heterocycles. The molecule has 0 bridgehead atoms. The summed E-state index contributed by atoms with van der Waals surface area (Å²) in [6.45, 7) is 0. The minimum atomic E-state index is -0.556. The van der Waals surface area contributed by atoms with Crippen molar-refractivity contribution in [1.82, 2.24) is 9.97 Å². The van der Waals surface area contributed by atoms with Gasteiger partial charge in [0, 0.05) is 24.5 Å². The zero-order valence-electron chi connectivity index (χ0n) is 19.7. The van der Waals surface area contributed by atoms with Gasteiger partial charge in [-0.15, -0.1) is 11.4 Å². The van der Waals surface area contributed by atoms with Crippen molar-refractivity contribution in [2.24, 2.45) is 9.98 Å². The Morgan fingerprint density at radius 1 is 0.636 bits per heavy atom. The van der Waals surface area contributed by atoms with Crippen molar-refractivity contribution < 1.29 is 17.0 Å². The average molecular weight is 525 g/mol. The summed E-state index contributed by atoms with van der Waals surface area (Å²) in [7, 11) is 9.78. The zero-order chi connectivity index (χ0) is 23.4. The fourth-order valence-corrected chi connectivity index (χ4v) is 4.31. The summed E-state index contributed by atoms with van der Waals surface area (Å²) in [5.74, 6) is 0. The van der Waals surface area contributed by atoms with Crippen molar-refractivity contribution >= 4 is 31.0 Å². The predicted molar refractivity (Wildman–Crippen MR) is 139 cm³/mol. The van der Waals surface area contributed by atoms with Crippen LogP contribution in [0.4, 0.5) is 0 Å². The van der Waals surface area contributed by atoms with E-state index < -0.39 is 17.0 Å². The second-order valence-electron chi connectivity index (χ2n) is 8.75. The van der Waals surface area contributed by atoms with Crippen LogP contribution < -0.4 is 9.97 Å². The molecule has 2 aliphatic rings. The molecule has 2 aliphatic carbocycles. The van der Waals surface area contributed by atoms with Gasteiger partial charge in [0.2, 0.25) is 0 Å². The van der Waals surface area contributed by atoms with Crippen molar-refractivity contribution in [3.8, 4) is 0 Å². The second kappa shape index (κ2) is 19.5. The van der Waals surface area contributed by atoms with Gasteiger partial charge in [0.1, 0.15) is 0 Å². The van der Waals surface area contributed by atoms with E-state index in [4.69, 9.17) is 18.6 Å². The second-order valence-corrected chi connectivity index (χ2v) is 11.3. The fraction of sp³-hybridized carbons (Fsp3) is 0.615. The topological polar surface area (TPSA) is 52.9 Å². The van der Waals surface area contributed by atoms with Crippen LogP contribution in [0.25, 0.3) is 0 Å². The van der Waals surface area contributed by atoms with Crippen LogP contribution in [0.2, 0.25) is 0 Å². The van der Waals surface area contributed by atoms with Gasteiger partial charge in [0.25, 0.3) is 0 Å². The molecule has 0 spiro atoms.